The maximum absolute atomic E-state index is 13.5. The summed E-state index contributed by atoms with van der Waals surface area (Å²) >= 11 is 13.8. The van der Waals surface area contributed by atoms with Crippen molar-refractivity contribution in [2.75, 3.05) is 6.54 Å². The molecule has 1 aliphatic rings. The summed E-state index contributed by atoms with van der Waals surface area (Å²) < 4.78 is 5.59. The summed E-state index contributed by atoms with van der Waals surface area (Å²) in [6.07, 6.45) is 1.60. The van der Waals surface area contributed by atoms with Crippen molar-refractivity contribution in [2.24, 2.45) is 0 Å². The highest BCUT2D eigenvalue weighted by Crippen LogP contribution is 2.37. The number of carbonyl (C=O) groups is 1. The van der Waals surface area contributed by atoms with Gasteiger partial charge in [0.25, 0.3) is 5.91 Å². The molecule has 1 fully saturated rings. The van der Waals surface area contributed by atoms with E-state index in [2.05, 4.69) is 15.1 Å². The van der Waals surface area contributed by atoms with Gasteiger partial charge < -0.3 is 9.42 Å². The summed E-state index contributed by atoms with van der Waals surface area (Å²) in [5.74, 6) is 0.736. The predicted octanol–water partition coefficient (Wildman–Crippen LogP) is 6.45. The van der Waals surface area contributed by atoms with Crippen LogP contribution in [-0.2, 0) is 0 Å². The molecule has 0 radical (unpaired) electrons. The fourth-order valence-electron chi connectivity index (χ4n) is 3.97. The Balaban J connectivity index is 1.44. The zero-order valence-corrected chi connectivity index (χ0v) is 19.4. The van der Waals surface area contributed by atoms with Gasteiger partial charge in [0.2, 0.25) is 11.7 Å². The van der Waals surface area contributed by atoms with Gasteiger partial charge in [-0.2, -0.15) is 4.98 Å². The van der Waals surface area contributed by atoms with Crippen LogP contribution in [0.15, 0.2) is 52.5 Å². The molecule has 1 amide bonds. The smallest absolute Gasteiger partial charge is 0.274 e. The van der Waals surface area contributed by atoms with E-state index >= 15 is 0 Å². The Bertz CT molecular complexity index is 1300. The third-order valence-corrected chi connectivity index (χ3v) is 7.13. The molecule has 4 aromatic rings. The molecule has 0 N–H and O–H groups in total. The SMILES string of the molecule is Cc1c(Cl)cccc1-c1noc(C2CCCN2C(=O)c2ncsc2-c2cccc(Cl)c2)n1. The fourth-order valence-corrected chi connectivity index (χ4v) is 5.11. The molecule has 6 nitrogen and oxygen atoms in total. The van der Waals surface area contributed by atoms with Gasteiger partial charge in [-0.15, -0.1) is 11.3 Å². The number of aromatic nitrogens is 3. The van der Waals surface area contributed by atoms with Crippen molar-refractivity contribution in [1.82, 2.24) is 20.0 Å². The predicted molar refractivity (Wildman–Crippen MR) is 125 cm³/mol. The quantitative estimate of drug-likeness (QED) is 0.332. The molecule has 162 valence electrons. The number of likely N-dealkylation sites (tertiary alicyclic amines) is 1. The summed E-state index contributed by atoms with van der Waals surface area (Å²) in [7, 11) is 0. The normalized spacial score (nSPS) is 16.0. The van der Waals surface area contributed by atoms with Crippen LogP contribution in [0.4, 0.5) is 0 Å². The first-order valence-corrected chi connectivity index (χ1v) is 11.8. The highest BCUT2D eigenvalue weighted by atomic mass is 35.5. The minimum Gasteiger partial charge on any atom is -0.337 e. The lowest BCUT2D eigenvalue weighted by atomic mass is 10.1. The Morgan fingerprint density at radius 3 is 2.91 bits per heavy atom. The van der Waals surface area contributed by atoms with E-state index in [0.717, 1.165) is 34.4 Å². The highest BCUT2D eigenvalue weighted by molar-refractivity contribution is 7.13. The van der Waals surface area contributed by atoms with Crippen molar-refractivity contribution < 1.29 is 9.32 Å². The maximum Gasteiger partial charge on any atom is 0.274 e. The second-order valence-corrected chi connectivity index (χ2v) is 9.26. The molecule has 32 heavy (non-hydrogen) atoms. The van der Waals surface area contributed by atoms with E-state index in [1.165, 1.54) is 11.3 Å². The fraction of sp³-hybridized carbons (Fsp3) is 0.217. The lowest BCUT2D eigenvalue weighted by molar-refractivity contribution is 0.0705. The summed E-state index contributed by atoms with van der Waals surface area (Å²) in [6, 6.07) is 12.7. The number of thiazole rings is 1. The zero-order chi connectivity index (χ0) is 22.2. The summed E-state index contributed by atoms with van der Waals surface area (Å²) in [6.45, 7) is 2.52. The number of hydrogen-bond acceptors (Lipinski definition) is 6. The van der Waals surface area contributed by atoms with Gasteiger partial charge in [0.05, 0.1) is 10.4 Å². The van der Waals surface area contributed by atoms with E-state index in [9.17, 15) is 4.79 Å². The number of carbonyl (C=O) groups excluding carboxylic acids is 1. The van der Waals surface area contributed by atoms with Crippen LogP contribution in [0.5, 0.6) is 0 Å². The Hall–Kier alpha value is -2.74. The van der Waals surface area contributed by atoms with Crippen LogP contribution in [0, 0.1) is 6.92 Å². The largest absolute Gasteiger partial charge is 0.337 e. The number of hydrogen-bond donors (Lipinski definition) is 0. The topological polar surface area (TPSA) is 72.1 Å². The average Bonchev–Trinajstić information content (AvgIpc) is 3.55. The van der Waals surface area contributed by atoms with Crippen molar-refractivity contribution in [3.63, 3.8) is 0 Å². The van der Waals surface area contributed by atoms with Crippen LogP contribution >= 0.6 is 34.5 Å². The molecule has 1 saturated heterocycles. The molecule has 1 atom stereocenters. The van der Waals surface area contributed by atoms with E-state index in [1.54, 1.807) is 16.5 Å². The molecule has 2 aromatic heterocycles. The van der Waals surface area contributed by atoms with Gasteiger partial charge in [0.15, 0.2) is 0 Å². The number of nitrogens with zero attached hydrogens (tertiary/aromatic N) is 4. The van der Waals surface area contributed by atoms with Gasteiger partial charge in [-0.05, 0) is 49.1 Å². The van der Waals surface area contributed by atoms with E-state index < -0.39 is 0 Å². The average molecular weight is 485 g/mol. The van der Waals surface area contributed by atoms with Crippen molar-refractivity contribution in [1.29, 1.82) is 0 Å². The molecule has 3 heterocycles. The number of amides is 1. The van der Waals surface area contributed by atoms with Gasteiger partial charge in [0.1, 0.15) is 11.7 Å². The summed E-state index contributed by atoms with van der Waals surface area (Å²) in [5.41, 5.74) is 4.66. The van der Waals surface area contributed by atoms with E-state index in [-0.39, 0.29) is 11.9 Å². The Kier molecular flexibility index (Phi) is 5.71. The van der Waals surface area contributed by atoms with Crippen molar-refractivity contribution >= 4 is 40.4 Å². The molecule has 0 saturated carbocycles. The zero-order valence-electron chi connectivity index (χ0n) is 17.1. The van der Waals surface area contributed by atoms with E-state index in [0.29, 0.717) is 34.0 Å². The standard InChI is InChI=1S/C23H18Cl2N4O2S/c1-13-16(7-3-8-17(13)25)21-27-22(31-28-21)18-9-4-10-29(18)23(30)19-20(32-12-26-19)14-5-2-6-15(24)11-14/h2-3,5-8,11-12,18H,4,9-10H2,1H3. The van der Waals surface area contributed by atoms with Crippen LogP contribution in [-0.4, -0.2) is 32.5 Å². The maximum atomic E-state index is 13.5. The molecule has 9 heteroatoms. The van der Waals surface area contributed by atoms with Gasteiger partial charge in [-0.25, -0.2) is 4.98 Å². The molecular weight excluding hydrogens is 467 g/mol. The van der Waals surface area contributed by atoms with Crippen LogP contribution in [0.25, 0.3) is 21.8 Å². The van der Waals surface area contributed by atoms with Gasteiger partial charge in [-0.3, -0.25) is 4.79 Å². The minimum atomic E-state index is -0.294. The first-order chi connectivity index (χ1) is 15.5. The van der Waals surface area contributed by atoms with Crippen LogP contribution in [0.3, 0.4) is 0 Å². The number of benzene rings is 2. The monoisotopic (exact) mass is 484 g/mol. The molecule has 0 bridgehead atoms. The van der Waals surface area contributed by atoms with Gasteiger partial charge >= 0.3 is 0 Å². The number of halogens is 2. The first-order valence-electron chi connectivity index (χ1n) is 10.1. The molecule has 1 aliphatic heterocycles. The van der Waals surface area contributed by atoms with Gasteiger partial charge in [-0.1, -0.05) is 52.6 Å². The molecule has 2 aromatic carbocycles. The second kappa shape index (κ2) is 8.65. The highest BCUT2D eigenvalue weighted by Gasteiger charge is 2.36. The molecule has 1 unspecified atom stereocenters. The molecular formula is C23H18Cl2N4O2S. The Morgan fingerprint density at radius 2 is 2.06 bits per heavy atom. The lowest BCUT2D eigenvalue weighted by Crippen LogP contribution is -2.31. The summed E-state index contributed by atoms with van der Waals surface area (Å²) in [4.78, 5) is 25.0. The minimum absolute atomic E-state index is 0.151. The van der Waals surface area contributed by atoms with E-state index in [1.807, 2.05) is 43.3 Å². The summed E-state index contributed by atoms with van der Waals surface area (Å²) in [5, 5.41) is 5.41. The second-order valence-electron chi connectivity index (χ2n) is 7.57. The van der Waals surface area contributed by atoms with Crippen molar-refractivity contribution in [3.05, 3.63) is 75.2 Å². The van der Waals surface area contributed by atoms with Crippen LogP contribution < -0.4 is 0 Å². The van der Waals surface area contributed by atoms with Crippen LogP contribution in [0.2, 0.25) is 10.0 Å². The number of rotatable bonds is 4. The first kappa shape index (κ1) is 21.1. The molecule has 5 rings (SSSR count). The molecule has 0 aliphatic carbocycles. The Labute approximate surface area is 198 Å². The van der Waals surface area contributed by atoms with E-state index in [4.69, 9.17) is 27.7 Å². The third kappa shape index (κ3) is 3.81. The Morgan fingerprint density at radius 1 is 1.22 bits per heavy atom. The molecule has 0 spiro atoms. The van der Waals surface area contributed by atoms with Crippen LogP contribution in [0.1, 0.15) is 40.8 Å². The van der Waals surface area contributed by atoms with Gasteiger partial charge in [0, 0.05) is 22.2 Å². The van der Waals surface area contributed by atoms with Crippen molar-refractivity contribution in [3.8, 4) is 21.8 Å². The lowest BCUT2D eigenvalue weighted by Gasteiger charge is -2.21. The third-order valence-electron chi connectivity index (χ3n) is 5.61. The van der Waals surface area contributed by atoms with Crippen molar-refractivity contribution in [2.45, 2.75) is 25.8 Å².